The van der Waals surface area contributed by atoms with Gasteiger partial charge in [0.15, 0.2) is 0 Å². The summed E-state index contributed by atoms with van der Waals surface area (Å²) in [6.07, 6.45) is 8.53. The second kappa shape index (κ2) is 9.41. The van der Waals surface area contributed by atoms with Gasteiger partial charge in [-0.2, -0.15) is 0 Å². The van der Waals surface area contributed by atoms with Crippen LogP contribution < -0.4 is 4.74 Å². The molecule has 2 aromatic rings. The third-order valence-corrected chi connectivity index (χ3v) is 4.32. The highest BCUT2D eigenvalue weighted by Crippen LogP contribution is 2.24. The summed E-state index contributed by atoms with van der Waals surface area (Å²) >= 11 is 0. The highest BCUT2D eigenvalue weighted by Gasteiger charge is 2.29. The van der Waals surface area contributed by atoms with E-state index < -0.39 is 6.09 Å². The SMILES string of the molecule is CCCCCc1ccc(OCC(OC(=O)n2ccnc2)C(C)(C)C)cc1. The zero-order valence-electron chi connectivity index (χ0n) is 16.3. The molecule has 1 aromatic carbocycles. The van der Waals surface area contributed by atoms with Crippen LogP contribution in [0.2, 0.25) is 0 Å². The van der Waals surface area contributed by atoms with Crippen molar-refractivity contribution >= 4 is 6.09 Å². The van der Waals surface area contributed by atoms with Crippen molar-refractivity contribution in [1.29, 1.82) is 0 Å². The average molecular weight is 358 g/mol. The van der Waals surface area contributed by atoms with Crippen LogP contribution >= 0.6 is 0 Å². The lowest BCUT2D eigenvalue weighted by Gasteiger charge is -2.30. The molecule has 0 amide bonds. The van der Waals surface area contributed by atoms with Crippen molar-refractivity contribution in [3.8, 4) is 5.75 Å². The average Bonchev–Trinajstić information content (AvgIpc) is 3.13. The molecule has 1 atom stereocenters. The summed E-state index contributed by atoms with van der Waals surface area (Å²) in [7, 11) is 0. The zero-order valence-corrected chi connectivity index (χ0v) is 16.3. The molecule has 1 aromatic heterocycles. The highest BCUT2D eigenvalue weighted by atomic mass is 16.6. The Morgan fingerprint density at radius 3 is 2.50 bits per heavy atom. The summed E-state index contributed by atoms with van der Waals surface area (Å²) < 4.78 is 12.8. The number of benzene rings is 1. The van der Waals surface area contributed by atoms with Crippen LogP contribution in [0.3, 0.4) is 0 Å². The van der Waals surface area contributed by atoms with Gasteiger partial charge in [0.05, 0.1) is 0 Å². The Hall–Kier alpha value is -2.30. The predicted molar refractivity (Wildman–Crippen MR) is 103 cm³/mol. The fourth-order valence-electron chi connectivity index (χ4n) is 2.51. The van der Waals surface area contributed by atoms with Crippen LogP contribution in [0.4, 0.5) is 4.79 Å². The van der Waals surface area contributed by atoms with E-state index in [-0.39, 0.29) is 11.5 Å². The molecule has 0 fully saturated rings. The van der Waals surface area contributed by atoms with Gasteiger partial charge in [0.1, 0.15) is 24.8 Å². The third kappa shape index (κ3) is 6.21. The Morgan fingerprint density at radius 1 is 1.19 bits per heavy atom. The molecule has 5 heteroatoms. The minimum absolute atomic E-state index is 0.240. The number of hydrogen-bond acceptors (Lipinski definition) is 4. The molecule has 1 unspecified atom stereocenters. The topological polar surface area (TPSA) is 53.4 Å². The van der Waals surface area contributed by atoms with Gasteiger partial charge in [-0.25, -0.2) is 14.3 Å². The van der Waals surface area contributed by atoms with Crippen LogP contribution in [0.1, 0.15) is 52.5 Å². The van der Waals surface area contributed by atoms with E-state index in [1.54, 1.807) is 12.4 Å². The lowest BCUT2D eigenvalue weighted by molar-refractivity contribution is 0.00209. The number of carbonyl (C=O) groups is 1. The standard InChI is InChI=1S/C21H30N2O3/c1-5-6-7-8-17-9-11-18(12-10-17)25-15-19(21(2,3)4)26-20(24)23-14-13-22-16-23/h9-14,16,19H,5-8,15H2,1-4H3. The Morgan fingerprint density at radius 2 is 1.92 bits per heavy atom. The highest BCUT2D eigenvalue weighted by molar-refractivity contribution is 5.70. The number of hydrogen-bond donors (Lipinski definition) is 0. The normalized spacial score (nSPS) is 12.6. The lowest BCUT2D eigenvalue weighted by atomic mass is 9.89. The monoisotopic (exact) mass is 358 g/mol. The number of ether oxygens (including phenoxy) is 2. The van der Waals surface area contributed by atoms with E-state index in [4.69, 9.17) is 9.47 Å². The number of aromatic nitrogens is 2. The van der Waals surface area contributed by atoms with Crippen molar-refractivity contribution in [3.63, 3.8) is 0 Å². The molecule has 5 nitrogen and oxygen atoms in total. The lowest BCUT2D eigenvalue weighted by Crippen LogP contribution is -2.37. The van der Waals surface area contributed by atoms with Crippen LogP contribution in [0.15, 0.2) is 43.0 Å². The van der Waals surface area contributed by atoms with Crippen LogP contribution in [0, 0.1) is 5.41 Å². The molecule has 2 rings (SSSR count). The molecule has 0 spiro atoms. The van der Waals surface area contributed by atoms with Crippen molar-refractivity contribution in [2.45, 2.75) is 59.5 Å². The fourth-order valence-corrected chi connectivity index (χ4v) is 2.51. The maximum atomic E-state index is 12.2. The van der Waals surface area contributed by atoms with E-state index in [0.29, 0.717) is 6.61 Å². The molecule has 0 bridgehead atoms. The van der Waals surface area contributed by atoms with Crippen molar-refractivity contribution in [1.82, 2.24) is 9.55 Å². The number of nitrogens with zero attached hydrogens (tertiary/aromatic N) is 2. The van der Waals surface area contributed by atoms with Gasteiger partial charge < -0.3 is 9.47 Å². The van der Waals surface area contributed by atoms with Gasteiger partial charge in [0.2, 0.25) is 0 Å². The zero-order chi connectivity index (χ0) is 19.0. The molecule has 1 heterocycles. The van der Waals surface area contributed by atoms with E-state index >= 15 is 0 Å². The van der Waals surface area contributed by atoms with Gasteiger partial charge in [0.25, 0.3) is 0 Å². The number of carbonyl (C=O) groups excluding carboxylic acids is 1. The first-order valence-corrected chi connectivity index (χ1v) is 9.31. The van der Waals surface area contributed by atoms with Crippen molar-refractivity contribution in [2.75, 3.05) is 6.61 Å². The first kappa shape index (κ1) is 20.0. The Balaban J connectivity index is 1.91. The van der Waals surface area contributed by atoms with Gasteiger partial charge in [-0.1, -0.05) is 52.7 Å². The maximum absolute atomic E-state index is 12.2. The van der Waals surface area contributed by atoms with Crippen LogP contribution in [0.5, 0.6) is 5.75 Å². The number of rotatable bonds is 8. The molecule has 0 aliphatic heterocycles. The molecule has 0 aliphatic carbocycles. The molecule has 0 saturated heterocycles. The van der Waals surface area contributed by atoms with Crippen LogP contribution in [-0.2, 0) is 11.2 Å². The van der Waals surface area contributed by atoms with E-state index in [1.165, 1.54) is 35.7 Å². The smallest absolute Gasteiger partial charge is 0.419 e. The van der Waals surface area contributed by atoms with Crippen molar-refractivity contribution in [2.24, 2.45) is 5.41 Å². The molecule has 26 heavy (non-hydrogen) atoms. The van der Waals surface area contributed by atoms with Crippen molar-refractivity contribution < 1.29 is 14.3 Å². The molecule has 0 radical (unpaired) electrons. The summed E-state index contributed by atoms with van der Waals surface area (Å²) in [6.45, 7) is 8.60. The van der Waals surface area contributed by atoms with Gasteiger partial charge >= 0.3 is 6.09 Å². The number of imidazole rings is 1. The minimum atomic E-state index is -0.447. The number of unbranched alkanes of at least 4 members (excludes halogenated alkanes) is 2. The van der Waals surface area contributed by atoms with Crippen LogP contribution in [0.25, 0.3) is 0 Å². The summed E-state index contributed by atoms with van der Waals surface area (Å²) in [5, 5.41) is 0. The summed E-state index contributed by atoms with van der Waals surface area (Å²) in [4.78, 5) is 16.1. The molecule has 0 aliphatic rings. The quantitative estimate of drug-likeness (QED) is 0.617. The fraction of sp³-hybridized carbons (Fsp3) is 0.524. The Bertz CT molecular complexity index is 658. The first-order chi connectivity index (χ1) is 12.4. The largest absolute Gasteiger partial charge is 0.490 e. The molecular formula is C21H30N2O3. The summed E-state index contributed by atoms with van der Waals surface area (Å²) in [6, 6.07) is 8.18. The van der Waals surface area contributed by atoms with Gasteiger partial charge in [-0.05, 0) is 30.5 Å². The Labute approximate surface area is 156 Å². The molecular weight excluding hydrogens is 328 g/mol. The minimum Gasteiger partial charge on any atom is -0.490 e. The third-order valence-electron chi connectivity index (χ3n) is 4.32. The molecule has 142 valence electrons. The summed E-state index contributed by atoms with van der Waals surface area (Å²) in [5.74, 6) is 0.789. The second-order valence-electron chi connectivity index (χ2n) is 7.62. The van der Waals surface area contributed by atoms with E-state index in [2.05, 4.69) is 24.0 Å². The summed E-state index contributed by atoms with van der Waals surface area (Å²) in [5.41, 5.74) is 1.08. The van der Waals surface area contributed by atoms with Gasteiger partial charge in [-0.3, -0.25) is 0 Å². The van der Waals surface area contributed by atoms with Crippen molar-refractivity contribution in [3.05, 3.63) is 48.5 Å². The van der Waals surface area contributed by atoms with Gasteiger partial charge in [0, 0.05) is 17.8 Å². The molecule has 0 N–H and O–H groups in total. The number of aryl methyl sites for hydroxylation is 1. The Kier molecular flexibility index (Phi) is 7.25. The van der Waals surface area contributed by atoms with E-state index in [9.17, 15) is 4.79 Å². The first-order valence-electron chi connectivity index (χ1n) is 9.31. The predicted octanol–water partition coefficient (Wildman–Crippen LogP) is 5.09. The maximum Gasteiger partial charge on any atom is 0.419 e. The van der Waals surface area contributed by atoms with Crippen LogP contribution in [-0.4, -0.2) is 28.4 Å². The van der Waals surface area contributed by atoms with Gasteiger partial charge in [-0.15, -0.1) is 0 Å². The van der Waals surface area contributed by atoms with E-state index in [1.807, 2.05) is 32.9 Å². The van der Waals surface area contributed by atoms with E-state index in [0.717, 1.165) is 12.2 Å². The molecule has 0 saturated carbocycles. The second-order valence-corrected chi connectivity index (χ2v) is 7.62.